The molecule has 4 nitrogen and oxygen atoms in total. The van der Waals surface area contributed by atoms with Gasteiger partial charge in [0.15, 0.2) is 5.78 Å². The van der Waals surface area contributed by atoms with Crippen molar-refractivity contribution in [3.8, 4) is 5.75 Å². The van der Waals surface area contributed by atoms with Crippen LogP contribution < -0.4 is 4.74 Å². The van der Waals surface area contributed by atoms with Crippen molar-refractivity contribution in [2.75, 3.05) is 0 Å². The molecule has 0 spiro atoms. The largest absolute Gasteiger partial charge is 0.425 e. The maximum Gasteiger partial charge on any atom is 0.326 e. The van der Waals surface area contributed by atoms with Crippen molar-refractivity contribution < 1.29 is 19.1 Å². The molecule has 5 rings (SSSR count). The first-order valence-corrected chi connectivity index (χ1v) is 10.2. The summed E-state index contributed by atoms with van der Waals surface area (Å²) in [6, 6.07) is 18.4. The first kappa shape index (κ1) is 18.3. The molecule has 1 aliphatic carbocycles. The highest BCUT2D eigenvalue weighted by Gasteiger charge is 2.86. The molecule has 29 heavy (non-hydrogen) atoms. The summed E-state index contributed by atoms with van der Waals surface area (Å²) >= 11 is 3.37. The maximum atomic E-state index is 13.6. The molecule has 0 radical (unpaired) electrons. The number of Topliss-reactive ketones (excluding diaryl/α,β-unsaturated/α-hetero) is 2. The number of carbonyl (C=O) groups is 3. The molecule has 0 amide bonds. The van der Waals surface area contributed by atoms with Gasteiger partial charge in [-0.05, 0) is 35.9 Å². The lowest BCUT2D eigenvalue weighted by Crippen LogP contribution is -2.37. The predicted molar refractivity (Wildman–Crippen MR) is 112 cm³/mol. The Hall–Kier alpha value is -2.79. The van der Waals surface area contributed by atoms with Gasteiger partial charge in [0.25, 0.3) is 0 Å². The number of hydrogen-bond donors (Lipinski definition) is 0. The molecule has 5 heteroatoms. The summed E-state index contributed by atoms with van der Waals surface area (Å²) in [4.78, 5) is 39.6. The van der Waals surface area contributed by atoms with Gasteiger partial charge in [0.2, 0.25) is 0 Å². The van der Waals surface area contributed by atoms with E-state index < -0.39 is 22.7 Å². The molecule has 0 aromatic heterocycles. The summed E-state index contributed by atoms with van der Waals surface area (Å²) in [5, 5.41) is 1.88. The molecular formula is C24H17BrO4. The van der Waals surface area contributed by atoms with Crippen LogP contribution in [0, 0.1) is 10.8 Å². The Kier molecular flexibility index (Phi) is 3.69. The average Bonchev–Trinajstić information content (AvgIpc) is 3.31. The van der Waals surface area contributed by atoms with Gasteiger partial charge in [-0.15, -0.1) is 0 Å². The average molecular weight is 449 g/mol. The van der Waals surface area contributed by atoms with Gasteiger partial charge >= 0.3 is 5.97 Å². The summed E-state index contributed by atoms with van der Waals surface area (Å²) in [5.41, 5.74) is -1.45. The summed E-state index contributed by atoms with van der Waals surface area (Å²) in [6.07, 6.45) is 0. The first-order chi connectivity index (χ1) is 13.8. The van der Waals surface area contributed by atoms with Gasteiger partial charge in [-0.25, -0.2) is 0 Å². The van der Waals surface area contributed by atoms with Crippen LogP contribution in [-0.2, 0) is 9.59 Å². The Bertz CT molecular complexity index is 1230. The van der Waals surface area contributed by atoms with Crippen molar-refractivity contribution in [1.29, 1.82) is 0 Å². The first-order valence-electron chi connectivity index (χ1n) is 9.39. The van der Waals surface area contributed by atoms with Crippen LogP contribution >= 0.6 is 15.9 Å². The highest BCUT2D eigenvalue weighted by atomic mass is 79.9. The summed E-state index contributed by atoms with van der Waals surface area (Å²) in [6.45, 7) is 3.10. The number of fused-ring (bicyclic) bond motifs is 5. The standard InChI is InChI=1S/C24H17BrO4/c1-13(26)24-20(23(24,2)21(27)15-7-10-16(25)11-8-15)19-17-6-4-3-5-14(17)9-12-18(19)29-22(24)28/h3-12,20H,1-2H3/t20-,23-,24-/m1/s1. The van der Waals surface area contributed by atoms with Crippen LogP contribution in [0.4, 0.5) is 0 Å². The minimum absolute atomic E-state index is 0.220. The third-order valence-corrected chi connectivity index (χ3v) is 7.15. The minimum atomic E-state index is -1.49. The fourth-order valence-corrected chi connectivity index (χ4v) is 5.49. The Morgan fingerprint density at radius 2 is 1.69 bits per heavy atom. The Balaban J connectivity index is 1.77. The summed E-state index contributed by atoms with van der Waals surface area (Å²) < 4.78 is 6.49. The predicted octanol–water partition coefficient (Wildman–Crippen LogP) is 5.08. The Morgan fingerprint density at radius 1 is 1.00 bits per heavy atom. The molecule has 3 atom stereocenters. The lowest BCUT2D eigenvalue weighted by atomic mass is 9.85. The zero-order valence-corrected chi connectivity index (χ0v) is 17.4. The third kappa shape index (κ3) is 2.11. The van der Waals surface area contributed by atoms with Gasteiger partial charge in [-0.1, -0.05) is 65.3 Å². The van der Waals surface area contributed by atoms with Crippen LogP contribution in [0.15, 0.2) is 65.1 Å². The lowest BCUT2D eigenvalue weighted by molar-refractivity contribution is -0.147. The SMILES string of the molecule is CC(=O)[C@]12C(=O)Oc3ccc4ccccc4c3[C@@H]1[C@]2(C)C(=O)c1ccc(Br)cc1. The van der Waals surface area contributed by atoms with Crippen molar-refractivity contribution in [2.24, 2.45) is 10.8 Å². The second-order valence-electron chi connectivity index (χ2n) is 7.92. The number of carbonyl (C=O) groups excluding carboxylic acids is 3. The van der Waals surface area contributed by atoms with Crippen LogP contribution in [0.5, 0.6) is 5.75 Å². The quantitative estimate of drug-likeness (QED) is 0.242. The zero-order valence-electron chi connectivity index (χ0n) is 15.9. The van der Waals surface area contributed by atoms with Crippen LogP contribution in [0.3, 0.4) is 0 Å². The number of ketones is 2. The van der Waals surface area contributed by atoms with Crippen LogP contribution in [0.2, 0.25) is 0 Å². The monoisotopic (exact) mass is 448 g/mol. The van der Waals surface area contributed by atoms with Gasteiger partial charge in [0.05, 0.1) is 5.41 Å². The summed E-state index contributed by atoms with van der Waals surface area (Å²) in [5.74, 6) is -1.30. The molecule has 0 bridgehead atoms. The second kappa shape index (κ2) is 5.86. The molecule has 1 fully saturated rings. The van der Waals surface area contributed by atoms with Crippen molar-refractivity contribution in [1.82, 2.24) is 0 Å². The van der Waals surface area contributed by atoms with Gasteiger partial charge in [-0.3, -0.25) is 14.4 Å². The van der Waals surface area contributed by atoms with E-state index in [4.69, 9.17) is 4.74 Å². The van der Waals surface area contributed by atoms with E-state index in [1.54, 1.807) is 37.3 Å². The van der Waals surface area contributed by atoms with Gasteiger partial charge in [-0.2, -0.15) is 0 Å². The number of benzene rings is 3. The van der Waals surface area contributed by atoms with Crippen molar-refractivity contribution >= 4 is 44.2 Å². The number of rotatable bonds is 3. The number of hydrogen-bond acceptors (Lipinski definition) is 4. The summed E-state index contributed by atoms with van der Waals surface area (Å²) in [7, 11) is 0. The van der Waals surface area contributed by atoms with Crippen molar-refractivity contribution in [2.45, 2.75) is 19.8 Å². The molecule has 1 heterocycles. The highest BCUT2D eigenvalue weighted by molar-refractivity contribution is 9.10. The fraction of sp³-hybridized carbons (Fsp3) is 0.208. The van der Waals surface area contributed by atoms with Gasteiger partial charge < -0.3 is 4.74 Å². The van der Waals surface area contributed by atoms with E-state index in [2.05, 4.69) is 15.9 Å². The van der Waals surface area contributed by atoms with E-state index in [9.17, 15) is 14.4 Å². The Labute approximate surface area is 176 Å². The van der Waals surface area contributed by atoms with Gasteiger partial charge in [0, 0.05) is 21.5 Å². The molecule has 3 aromatic carbocycles. The minimum Gasteiger partial charge on any atom is -0.425 e. The Morgan fingerprint density at radius 3 is 2.38 bits per heavy atom. The van der Waals surface area contributed by atoms with Crippen LogP contribution in [0.25, 0.3) is 10.8 Å². The van der Waals surface area contributed by atoms with Crippen molar-refractivity contribution in [3.63, 3.8) is 0 Å². The third-order valence-electron chi connectivity index (χ3n) is 6.62. The number of ether oxygens (including phenoxy) is 1. The van der Waals surface area contributed by atoms with Crippen LogP contribution in [-0.4, -0.2) is 17.5 Å². The zero-order chi connectivity index (χ0) is 20.6. The lowest BCUT2D eigenvalue weighted by Gasteiger charge is -2.22. The van der Waals surface area contributed by atoms with E-state index in [1.165, 1.54) is 6.92 Å². The molecule has 1 saturated carbocycles. The molecule has 144 valence electrons. The smallest absolute Gasteiger partial charge is 0.326 e. The second-order valence-corrected chi connectivity index (χ2v) is 8.84. The fourth-order valence-electron chi connectivity index (χ4n) is 5.22. The number of halogens is 1. The molecule has 3 aromatic rings. The molecule has 2 aliphatic rings. The van der Waals surface area contributed by atoms with Crippen molar-refractivity contribution in [3.05, 3.63) is 76.3 Å². The molecular weight excluding hydrogens is 432 g/mol. The van der Waals surface area contributed by atoms with Gasteiger partial charge in [0.1, 0.15) is 16.9 Å². The van der Waals surface area contributed by atoms with E-state index in [0.29, 0.717) is 11.3 Å². The molecule has 0 saturated heterocycles. The van der Waals surface area contributed by atoms with Crippen LogP contribution in [0.1, 0.15) is 35.7 Å². The normalized spacial score (nSPS) is 27.0. The van der Waals surface area contributed by atoms with E-state index >= 15 is 0 Å². The molecule has 0 N–H and O–H groups in total. The van der Waals surface area contributed by atoms with E-state index in [-0.39, 0.29) is 11.6 Å². The van der Waals surface area contributed by atoms with E-state index in [1.807, 2.05) is 30.3 Å². The topological polar surface area (TPSA) is 60.4 Å². The molecule has 0 unspecified atom stereocenters. The highest BCUT2D eigenvalue weighted by Crippen LogP contribution is 2.79. The van der Waals surface area contributed by atoms with E-state index in [0.717, 1.165) is 20.8 Å². The number of esters is 1. The maximum absolute atomic E-state index is 13.6. The molecule has 1 aliphatic heterocycles.